The first-order valence-corrected chi connectivity index (χ1v) is 5.30. The second-order valence-corrected chi connectivity index (χ2v) is 4.22. The van der Waals surface area contributed by atoms with Crippen molar-refractivity contribution < 1.29 is 4.79 Å². The van der Waals surface area contributed by atoms with E-state index in [4.69, 9.17) is 6.42 Å². The first-order valence-electron chi connectivity index (χ1n) is 5.30. The van der Waals surface area contributed by atoms with E-state index in [2.05, 4.69) is 32.4 Å². The summed E-state index contributed by atoms with van der Waals surface area (Å²) in [4.78, 5) is 11.0. The van der Waals surface area contributed by atoms with Crippen LogP contribution in [0, 0.1) is 24.2 Å². The highest BCUT2D eigenvalue weighted by Gasteiger charge is 2.11. The average molecular weight is 204 g/mol. The molecule has 0 aliphatic carbocycles. The molecule has 1 atom stereocenters. The van der Waals surface area contributed by atoms with Crippen molar-refractivity contribution in [2.24, 2.45) is 11.8 Å². The number of rotatable bonds is 6. The zero-order valence-electron chi connectivity index (χ0n) is 9.92. The Morgan fingerprint density at radius 1 is 1.53 bits per heavy atom. The molecule has 0 fully saturated rings. The quantitative estimate of drug-likeness (QED) is 0.368. The molecule has 1 nitrogen and oxygen atoms in total. The number of hydrogen-bond acceptors (Lipinski definition) is 1. The van der Waals surface area contributed by atoms with Gasteiger partial charge in [0.2, 0.25) is 5.78 Å². The monoisotopic (exact) mass is 204 g/mol. The van der Waals surface area contributed by atoms with Crippen molar-refractivity contribution in [3.63, 3.8) is 0 Å². The fraction of sp³-hybridized carbons (Fsp3) is 0.500. The number of carbonyl (C=O) groups excluding carboxylic acids is 1. The van der Waals surface area contributed by atoms with Gasteiger partial charge in [-0.05, 0) is 31.1 Å². The van der Waals surface area contributed by atoms with E-state index < -0.39 is 0 Å². The minimum absolute atomic E-state index is 0.107. The van der Waals surface area contributed by atoms with Crippen LogP contribution in [0.2, 0.25) is 0 Å². The zero-order chi connectivity index (χ0) is 11.8. The highest BCUT2D eigenvalue weighted by atomic mass is 16.1. The molecule has 82 valence electrons. The van der Waals surface area contributed by atoms with Crippen molar-refractivity contribution in [3.8, 4) is 12.3 Å². The minimum Gasteiger partial charge on any atom is -0.285 e. The lowest BCUT2D eigenvalue weighted by Crippen LogP contribution is -2.08. The van der Waals surface area contributed by atoms with Gasteiger partial charge in [0.05, 0.1) is 0 Å². The molecule has 15 heavy (non-hydrogen) atoms. The van der Waals surface area contributed by atoms with E-state index in [-0.39, 0.29) is 5.78 Å². The first kappa shape index (κ1) is 13.7. The summed E-state index contributed by atoms with van der Waals surface area (Å²) < 4.78 is 0. The van der Waals surface area contributed by atoms with Gasteiger partial charge in [-0.2, -0.15) is 0 Å². The fourth-order valence-corrected chi connectivity index (χ4v) is 1.31. The molecule has 0 saturated carbocycles. The third-order valence-electron chi connectivity index (χ3n) is 2.35. The molecule has 0 saturated heterocycles. The van der Waals surface area contributed by atoms with Gasteiger partial charge in [0, 0.05) is 6.42 Å². The predicted molar refractivity (Wildman–Crippen MR) is 65.4 cm³/mol. The second kappa shape index (κ2) is 7.06. The smallest absolute Gasteiger partial charge is 0.205 e. The zero-order valence-corrected chi connectivity index (χ0v) is 9.92. The SMILES string of the molecule is C#CC(=O)CCC(/C=C/C(=C)C)C(C)C. The fourth-order valence-electron chi connectivity index (χ4n) is 1.31. The summed E-state index contributed by atoms with van der Waals surface area (Å²) in [5.74, 6) is 2.96. The topological polar surface area (TPSA) is 17.1 Å². The summed E-state index contributed by atoms with van der Waals surface area (Å²) in [5, 5.41) is 0. The Balaban J connectivity index is 4.24. The maximum atomic E-state index is 11.0. The summed E-state index contributed by atoms with van der Waals surface area (Å²) in [5.41, 5.74) is 1.03. The number of terminal acetylenes is 1. The Morgan fingerprint density at radius 3 is 2.53 bits per heavy atom. The molecule has 0 amide bonds. The number of ketones is 1. The van der Waals surface area contributed by atoms with E-state index in [9.17, 15) is 4.79 Å². The van der Waals surface area contributed by atoms with E-state index in [0.29, 0.717) is 18.3 Å². The lowest BCUT2D eigenvalue weighted by atomic mass is 9.89. The normalized spacial score (nSPS) is 12.7. The third-order valence-corrected chi connectivity index (χ3v) is 2.35. The number of allylic oxidation sites excluding steroid dienone is 3. The van der Waals surface area contributed by atoms with Crippen molar-refractivity contribution in [2.45, 2.75) is 33.6 Å². The molecule has 0 N–H and O–H groups in total. The molecule has 0 aromatic rings. The van der Waals surface area contributed by atoms with E-state index in [1.54, 1.807) is 0 Å². The van der Waals surface area contributed by atoms with Crippen LogP contribution in [0.4, 0.5) is 0 Å². The molecule has 0 aromatic carbocycles. The van der Waals surface area contributed by atoms with Crippen molar-refractivity contribution in [1.29, 1.82) is 0 Å². The Morgan fingerprint density at radius 2 is 2.13 bits per heavy atom. The summed E-state index contributed by atoms with van der Waals surface area (Å²) in [7, 11) is 0. The molecule has 0 rings (SSSR count). The highest BCUT2D eigenvalue weighted by Crippen LogP contribution is 2.19. The molecule has 0 radical (unpaired) electrons. The molecule has 0 aliphatic heterocycles. The van der Waals surface area contributed by atoms with Crippen LogP contribution in [0.1, 0.15) is 33.6 Å². The van der Waals surface area contributed by atoms with E-state index in [1.165, 1.54) is 0 Å². The summed E-state index contributed by atoms with van der Waals surface area (Å²) in [6, 6.07) is 0. The Kier molecular flexibility index (Phi) is 6.45. The van der Waals surface area contributed by atoms with Gasteiger partial charge in [0.1, 0.15) is 0 Å². The molecule has 0 aromatic heterocycles. The largest absolute Gasteiger partial charge is 0.285 e. The van der Waals surface area contributed by atoms with Gasteiger partial charge in [0.25, 0.3) is 0 Å². The van der Waals surface area contributed by atoms with Gasteiger partial charge in [-0.1, -0.05) is 38.2 Å². The Hall–Kier alpha value is -1.29. The van der Waals surface area contributed by atoms with Gasteiger partial charge in [-0.25, -0.2) is 0 Å². The van der Waals surface area contributed by atoms with Crippen LogP contribution < -0.4 is 0 Å². The van der Waals surface area contributed by atoms with Crippen LogP contribution >= 0.6 is 0 Å². The number of hydrogen-bond donors (Lipinski definition) is 0. The average Bonchev–Trinajstić information content (AvgIpc) is 2.16. The van der Waals surface area contributed by atoms with Crippen LogP contribution in [0.3, 0.4) is 0 Å². The van der Waals surface area contributed by atoms with E-state index in [0.717, 1.165) is 12.0 Å². The Bertz CT molecular complexity index is 289. The minimum atomic E-state index is -0.107. The van der Waals surface area contributed by atoms with Gasteiger partial charge < -0.3 is 0 Å². The maximum Gasteiger partial charge on any atom is 0.205 e. The molecule has 0 bridgehead atoms. The Labute approximate surface area is 93.3 Å². The molecule has 0 aliphatic rings. The molecule has 1 unspecified atom stereocenters. The molecular formula is C14H20O. The van der Waals surface area contributed by atoms with E-state index in [1.807, 2.05) is 13.0 Å². The highest BCUT2D eigenvalue weighted by molar-refractivity contribution is 5.94. The molecular weight excluding hydrogens is 184 g/mol. The summed E-state index contributed by atoms with van der Waals surface area (Å²) in [6.45, 7) is 10.1. The molecule has 0 heterocycles. The maximum absolute atomic E-state index is 11.0. The van der Waals surface area contributed by atoms with Crippen molar-refractivity contribution in [2.75, 3.05) is 0 Å². The lowest BCUT2D eigenvalue weighted by molar-refractivity contribution is -0.114. The van der Waals surface area contributed by atoms with Gasteiger partial charge in [-0.15, -0.1) is 6.42 Å². The van der Waals surface area contributed by atoms with Crippen LogP contribution in [0.5, 0.6) is 0 Å². The molecule has 1 heteroatoms. The lowest BCUT2D eigenvalue weighted by Gasteiger charge is -2.15. The third kappa shape index (κ3) is 6.74. The van der Waals surface area contributed by atoms with Crippen LogP contribution in [-0.2, 0) is 4.79 Å². The van der Waals surface area contributed by atoms with Crippen molar-refractivity contribution in [1.82, 2.24) is 0 Å². The van der Waals surface area contributed by atoms with Crippen LogP contribution in [0.25, 0.3) is 0 Å². The van der Waals surface area contributed by atoms with Crippen LogP contribution in [-0.4, -0.2) is 5.78 Å². The van der Waals surface area contributed by atoms with Gasteiger partial charge >= 0.3 is 0 Å². The number of Topliss-reactive ketones (excluding diaryl/α,β-unsaturated/α-hetero) is 1. The van der Waals surface area contributed by atoms with Crippen molar-refractivity contribution >= 4 is 5.78 Å². The van der Waals surface area contributed by atoms with Crippen LogP contribution in [0.15, 0.2) is 24.3 Å². The summed E-state index contributed by atoms with van der Waals surface area (Å²) in [6.07, 6.45) is 10.4. The first-order chi connectivity index (χ1) is 6.97. The molecule has 0 spiro atoms. The van der Waals surface area contributed by atoms with Crippen molar-refractivity contribution in [3.05, 3.63) is 24.3 Å². The second-order valence-electron chi connectivity index (χ2n) is 4.22. The van der Waals surface area contributed by atoms with E-state index >= 15 is 0 Å². The summed E-state index contributed by atoms with van der Waals surface area (Å²) >= 11 is 0. The number of carbonyl (C=O) groups is 1. The van der Waals surface area contributed by atoms with Gasteiger partial charge in [-0.3, -0.25) is 4.79 Å². The van der Waals surface area contributed by atoms with Gasteiger partial charge in [0.15, 0.2) is 0 Å². The predicted octanol–water partition coefficient (Wildman–Crippen LogP) is 3.37. The standard InChI is InChI=1S/C14H20O/c1-6-14(15)10-9-13(12(4)5)8-7-11(2)3/h1,7-8,12-13H,2,9-10H2,3-5H3/b8-7+.